The Morgan fingerprint density at radius 2 is 2.16 bits per heavy atom. The number of hydrogen-bond acceptors (Lipinski definition) is 3. The third kappa shape index (κ3) is 2.07. The second kappa shape index (κ2) is 4.09. The summed E-state index contributed by atoms with van der Waals surface area (Å²) < 4.78 is 5.39. The van der Waals surface area contributed by atoms with Crippen LogP contribution in [0.4, 0.5) is 4.79 Å². The summed E-state index contributed by atoms with van der Waals surface area (Å²) in [5.74, 6) is 0.833. The van der Waals surface area contributed by atoms with Crippen LogP contribution in [0, 0.1) is 11.8 Å². The normalized spacial score (nSPS) is 33.2. The summed E-state index contributed by atoms with van der Waals surface area (Å²) >= 11 is 0. The number of carbonyl (C=O) groups excluding carboxylic acids is 2. The Bertz CT molecular complexity index is 461. The summed E-state index contributed by atoms with van der Waals surface area (Å²) in [4.78, 5) is 25.7. The first-order valence-corrected chi connectivity index (χ1v) is 7.12. The van der Waals surface area contributed by atoms with E-state index in [1.165, 1.54) is 16.9 Å². The minimum atomic E-state index is -0.558. The first-order chi connectivity index (χ1) is 8.87. The Labute approximate surface area is 113 Å². The van der Waals surface area contributed by atoms with Gasteiger partial charge in [-0.25, -0.2) is 9.69 Å². The Morgan fingerprint density at radius 1 is 1.42 bits per heavy atom. The van der Waals surface area contributed by atoms with Gasteiger partial charge in [0.2, 0.25) is 5.91 Å². The van der Waals surface area contributed by atoms with E-state index in [-0.39, 0.29) is 11.9 Å². The molecule has 4 nitrogen and oxygen atoms in total. The highest BCUT2D eigenvalue weighted by atomic mass is 16.6. The number of hydrogen-bond donors (Lipinski definition) is 0. The maximum atomic E-state index is 12.3. The SMILES string of the molecule is CC(C)(C)OC(=O)N1C(=O)CC2CC3CCC=C3C21. The fraction of sp³-hybridized carbons (Fsp3) is 0.733. The third-order valence-electron chi connectivity index (χ3n) is 4.32. The summed E-state index contributed by atoms with van der Waals surface area (Å²) in [5, 5.41) is 0. The van der Waals surface area contributed by atoms with Crippen LogP contribution in [-0.4, -0.2) is 28.5 Å². The molecule has 104 valence electrons. The van der Waals surface area contributed by atoms with Crippen LogP contribution in [0.3, 0.4) is 0 Å². The number of ether oxygens (including phenoxy) is 1. The van der Waals surface area contributed by atoms with Gasteiger partial charge in [-0.2, -0.15) is 0 Å². The van der Waals surface area contributed by atoms with Crippen LogP contribution in [-0.2, 0) is 9.53 Å². The molecule has 3 unspecified atom stereocenters. The molecule has 0 N–H and O–H groups in total. The predicted octanol–water partition coefficient (Wildman–Crippen LogP) is 2.88. The molecule has 1 aliphatic heterocycles. The molecule has 2 aliphatic carbocycles. The molecule has 4 heteroatoms. The Balaban J connectivity index is 1.84. The van der Waals surface area contributed by atoms with Crippen LogP contribution in [0.2, 0.25) is 0 Å². The van der Waals surface area contributed by atoms with Gasteiger partial charge in [0.05, 0.1) is 6.04 Å². The lowest BCUT2D eigenvalue weighted by Gasteiger charge is -2.27. The summed E-state index contributed by atoms with van der Waals surface area (Å²) in [6.45, 7) is 5.49. The van der Waals surface area contributed by atoms with E-state index in [1.54, 1.807) is 0 Å². The zero-order chi connectivity index (χ0) is 13.8. The lowest BCUT2D eigenvalue weighted by atomic mass is 10.0. The van der Waals surface area contributed by atoms with Crippen LogP contribution in [0.15, 0.2) is 11.6 Å². The lowest BCUT2D eigenvalue weighted by molar-refractivity contribution is -0.127. The predicted molar refractivity (Wildman–Crippen MR) is 70.4 cm³/mol. The van der Waals surface area contributed by atoms with E-state index in [0.29, 0.717) is 18.3 Å². The third-order valence-corrected chi connectivity index (χ3v) is 4.32. The highest BCUT2D eigenvalue weighted by molar-refractivity contribution is 5.95. The van der Waals surface area contributed by atoms with E-state index in [0.717, 1.165) is 12.8 Å². The van der Waals surface area contributed by atoms with Gasteiger partial charge >= 0.3 is 6.09 Å². The summed E-state index contributed by atoms with van der Waals surface area (Å²) in [6, 6.07) is -0.0187. The van der Waals surface area contributed by atoms with E-state index in [9.17, 15) is 9.59 Å². The fourth-order valence-corrected chi connectivity index (χ4v) is 3.73. The molecule has 0 radical (unpaired) electrons. The van der Waals surface area contributed by atoms with Crippen molar-refractivity contribution < 1.29 is 14.3 Å². The van der Waals surface area contributed by atoms with Crippen molar-refractivity contribution >= 4 is 12.0 Å². The van der Waals surface area contributed by atoms with Crippen molar-refractivity contribution in [1.29, 1.82) is 0 Å². The first kappa shape index (κ1) is 12.7. The van der Waals surface area contributed by atoms with Crippen molar-refractivity contribution in [1.82, 2.24) is 4.90 Å². The van der Waals surface area contributed by atoms with Crippen LogP contribution in [0.25, 0.3) is 0 Å². The van der Waals surface area contributed by atoms with Crippen LogP contribution >= 0.6 is 0 Å². The van der Waals surface area contributed by atoms with Crippen LogP contribution in [0.5, 0.6) is 0 Å². The van der Waals surface area contributed by atoms with Crippen LogP contribution < -0.4 is 0 Å². The molecule has 3 atom stereocenters. The number of likely N-dealkylation sites (tertiary alicyclic amines) is 1. The number of amides is 2. The van der Waals surface area contributed by atoms with Crippen molar-refractivity contribution in [3.8, 4) is 0 Å². The van der Waals surface area contributed by atoms with Crippen molar-refractivity contribution in [2.75, 3.05) is 0 Å². The van der Waals surface area contributed by atoms with E-state index in [1.807, 2.05) is 20.8 Å². The second-order valence-corrected chi connectivity index (χ2v) is 6.87. The second-order valence-electron chi connectivity index (χ2n) is 6.87. The number of carbonyl (C=O) groups is 2. The van der Waals surface area contributed by atoms with Crippen molar-refractivity contribution in [3.05, 3.63) is 11.6 Å². The topological polar surface area (TPSA) is 46.6 Å². The maximum Gasteiger partial charge on any atom is 0.417 e. The van der Waals surface area contributed by atoms with Crippen LogP contribution in [0.1, 0.15) is 46.5 Å². The molecular formula is C15H21NO3. The minimum Gasteiger partial charge on any atom is -0.443 e. The molecule has 3 aliphatic rings. The Morgan fingerprint density at radius 3 is 2.84 bits per heavy atom. The largest absolute Gasteiger partial charge is 0.443 e. The Kier molecular flexibility index (Phi) is 2.73. The molecule has 0 aromatic carbocycles. The molecule has 1 saturated carbocycles. The summed E-state index contributed by atoms with van der Waals surface area (Å²) in [5.41, 5.74) is 0.749. The summed E-state index contributed by atoms with van der Waals surface area (Å²) in [6.07, 6.45) is 5.57. The number of nitrogens with zero attached hydrogens (tertiary/aromatic N) is 1. The molecule has 0 aromatic heterocycles. The molecule has 2 fully saturated rings. The fourth-order valence-electron chi connectivity index (χ4n) is 3.73. The summed E-state index contributed by atoms with van der Waals surface area (Å²) in [7, 11) is 0. The Hall–Kier alpha value is -1.32. The minimum absolute atomic E-state index is 0.0187. The van der Waals surface area contributed by atoms with Gasteiger partial charge < -0.3 is 4.74 Å². The van der Waals surface area contributed by atoms with Gasteiger partial charge in [0.15, 0.2) is 0 Å². The lowest BCUT2D eigenvalue weighted by Crippen LogP contribution is -2.43. The van der Waals surface area contributed by atoms with E-state index < -0.39 is 11.7 Å². The monoisotopic (exact) mass is 263 g/mol. The molecule has 0 bridgehead atoms. The smallest absolute Gasteiger partial charge is 0.417 e. The van der Waals surface area contributed by atoms with Crippen molar-refractivity contribution in [2.24, 2.45) is 11.8 Å². The van der Waals surface area contributed by atoms with Crippen molar-refractivity contribution in [2.45, 2.75) is 58.1 Å². The van der Waals surface area contributed by atoms with Gasteiger partial charge in [0, 0.05) is 6.42 Å². The first-order valence-electron chi connectivity index (χ1n) is 7.12. The molecule has 1 heterocycles. The van der Waals surface area contributed by atoms with E-state index in [4.69, 9.17) is 4.74 Å². The van der Waals surface area contributed by atoms with Gasteiger partial charge in [0.1, 0.15) is 5.60 Å². The molecule has 0 aromatic rings. The standard InChI is InChI=1S/C15H21NO3/c1-15(2,3)19-14(18)16-12(17)8-10-7-9-5-4-6-11(9)13(10)16/h6,9-10,13H,4-5,7-8H2,1-3H3. The van der Waals surface area contributed by atoms with Gasteiger partial charge in [-0.3, -0.25) is 4.79 Å². The highest BCUT2D eigenvalue weighted by Gasteiger charge is 2.53. The molecule has 1 saturated heterocycles. The molecule has 0 spiro atoms. The van der Waals surface area contributed by atoms with Gasteiger partial charge in [-0.15, -0.1) is 0 Å². The average Bonchev–Trinajstić information content (AvgIpc) is 2.84. The van der Waals surface area contributed by atoms with Crippen molar-refractivity contribution in [3.63, 3.8) is 0 Å². The number of fused-ring (bicyclic) bond motifs is 3. The number of imide groups is 1. The van der Waals surface area contributed by atoms with Gasteiger partial charge in [-0.1, -0.05) is 6.08 Å². The highest BCUT2D eigenvalue weighted by Crippen LogP contribution is 2.50. The molecule has 19 heavy (non-hydrogen) atoms. The maximum absolute atomic E-state index is 12.3. The zero-order valence-corrected chi connectivity index (χ0v) is 11.8. The number of rotatable bonds is 0. The van der Waals surface area contributed by atoms with Gasteiger partial charge in [-0.05, 0) is 57.4 Å². The quantitative estimate of drug-likeness (QED) is 0.631. The average molecular weight is 263 g/mol. The molecule has 2 amide bonds. The van der Waals surface area contributed by atoms with E-state index in [2.05, 4.69) is 6.08 Å². The molecular weight excluding hydrogens is 242 g/mol. The molecule has 3 rings (SSSR count). The van der Waals surface area contributed by atoms with E-state index >= 15 is 0 Å². The zero-order valence-electron chi connectivity index (χ0n) is 11.8. The number of allylic oxidation sites excluding steroid dienone is 1. The van der Waals surface area contributed by atoms with Gasteiger partial charge in [0.25, 0.3) is 0 Å².